The van der Waals surface area contributed by atoms with Gasteiger partial charge in [-0.25, -0.2) is 0 Å². The quantitative estimate of drug-likeness (QED) is 0.675. The zero-order chi connectivity index (χ0) is 9.68. The summed E-state index contributed by atoms with van der Waals surface area (Å²) in [6.07, 6.45) is 0. The summed E-state index contributed by atoms with van der Waals surface area (Å²) in [6.45, 7) is 0.524. The number of carbonyl (C=O) groups excluding carboxylic acids is 1. The van der Waals surface area contributed by atoms with Gasteiger partial charge in [0.05, 0.1) is 13.7 Å². The average Bonchev–Trinajstić information content (AvgIpc) is 2.20. The molecule has 0 heterocycles. The highest BCUT2D eigenvalue weighted by atomic mass is 16.5. The predicted octanol–water partition coefficient (Wildman–Crippen LogP) is 0.185. The molecule has 0 aliphatic rings. The predicted molar refractivity (Wildman–Crippen MR) is 49.0 cm³/mol. The fourth-order valence-corrected chi connectivity index (χ4v) is 1.25. The second-order valence-corrected chi connectivity index (χ2v) is 2.78. The molecule has 0 bridgehead atoms. The molecule has 0 saturated carbocycles. The van der Waals surface area contributed by atoms with E-state index in [1.807, 2.05) is 30.3 Å². The maximum absolute atomic E-state index is 11.3. The summed E-state index contributed by atoms with van der Waals surface area (Å²) in [6, 6.07) is 9.54. The van der Waals surface area contributed by atoms with Gasteiger partial charge >= 0.3 is 5.97 Å². The molecule has 3 heteroatoms. The van der Waals surface area contributed by atoms with Crippen LogP contribution in [-0.2, 0) is 9.53 Å². The van der Waals surface area contributed by atoms with Crippen molar-refractivity contribution in [3.05, 3.63) is 35.9 Å². The number of ether oxygens (including phenoxy) is 1. The molecular weight excluding hydrogens is 166 g/mol. The summed E-state index contributed by atoms with van der Waals surface area (Å²) in [4.78, 5) is 11.3. The molecule has 1 aromatic carbocycles. The van der Waals surface area contributed by atoms with E-state index in [-0.39, 0.29) is 11.9 Å². The van der Waals surface area contributed by atoms with Crippen molar-refractivity contribution < 1.29 is 15.3 Å². The number of carbonyl (C=O) groups is 1. The maximum Gasteiger partial charge on any atom is 0.318 e. The fraction of sp³-hybridized carbons (Fsp3) is 0.300. The second-order valence-electron chi connectivity index (χ2n) is 2.78. The Hall–Kier alpha value is -1.35. The number of hydrogen-bond acceptors (Lipinski definition) is 2. The molecule has 13 heavy (non-hydrogen) atoms. The van der Waals surface area contributed by atoms with E-state index in [4.69, 9.17) is 0 Å². The Bertz CT molecular complexity index is 272. The van der Waals surface area contributed by atoms with Crippen LogP contribution in [0.4, 0.5) is 0 Å². The lowest BCUT2D eigenvalue weighted by Gasteiger charge is -2.09. The molecule has 0 saturated heterocycles. The lowest BCUT2D eigenvalue weighted by molar-refractivity contribution is -0.370. The molecule has 1 rings (SSSR count). The van der Waals surface area contributed by atoms with Gasteiger partial charge in [-0.15, -0.1) is 0 Å². The molecule has 3 N–H and O–H groups in total. The van der Waals surface area contributed by atoms with E-state index in [0.29, 0.717) is 6.54 Å². The minimum Gasteiger partial charge on any atom is -0.468 e. The third-order valence-electron chi connectivity index (χ3n) is 1.98. The Labute approximate surface area is 77.5 Å². The normalized spacial score (nSPS) is 12.2. The van der Waals surface area contributed by atoms with E-state index in [1.165, 1.54) is 7.11 Å². The van der Waals surface area contributed by atoms with Crippen LogP contribution < -0.4 is 5.73 Å². The van der Waals surface area contributed by atoms with Crippen molar-refractivity contribution in [1.29, 1.82) is 0 Å². The first-order valence-electron chi connectivity index (χ1n) is 4.21. The SMILES string of the molecule is COC(=O)C(C[NH3+])c1ccccc1. The van der Waals surface area contributed by atoms with Gasteiger partial charge in [-0.05, 0) is 5.56 Å². The highest BCUT2D eigenvalue weighted by Gasteiger charge is 2.20. The Morgan fingerprint density at radius 1 is 1.46 bits per heavy atom. The van der Waals surface area contributed by atoms with Crippen molar-refractivity contribution >= 4 is 5.97 Å². The maximum atomic E-state index is 11.3. The average molecular weight is 180 g/mol. The molecule has 1 unspecified atom stereocenters. The molecular formula is C10H14NO2+. The van der Waals surface area contributed by atoms with E-state index < -0.39 is 0 Å². The summed E-state index contributed by atoms with van der Waals surface area (Å²) in [5.74, 6) is -0.451. The van der Waals surface area contributed by atoms with Crippen molar-refractivity contribution in [1.82, 2.24) is 0 Å². The van der Waals surface area contributed by atoms with Crippen LogP contribution in [0.5, 0.6) is 0 Å². The summed E-state index contributed by atoms with van der Waals surface area (Å²) >= 11 is 0. The fourth-order valence-electron chi connectivity index (χ4n) is 1.25. The Morgan fingerprint density at radius 2 is 2.08 bits per heavy atom. The minimum absolute atomic E-state index is 0.221. The van der Waals surface area contributed by atoms with E-state index >= 15 is 0 Å². The summed E-state index contributed by atoms with van der Waals surface area (Å²) in [5, 5.41) is 0. The van der Waals surface area contributed by atoms with Gasteiger partial charge in [0.25, 0.3) is 0 Å². The van der Waals surface area contributed by atoms with Crippen molar-refractivity contribution in [3.63, 3.8) is 0 Å². The van der Waals surface area contributed by atoms with Gasteiger partial charge in [0.1, 0.15) is 5.92 Å². The van der Waals surface area contributed by atoms with Crippen LogP contribution in [0, 0.1) is 0 Å². The molecule has 0 amide bonds. The number of benzene rings is 1. The minimum atomic E-state index is -0.230. The van der Waals surface area contributed by atoms with Crippen LogP contribution in [0.3, 0.4) is 0 Å². The Morgan fingerprint density at radius 3 is 2.54 bits per heavy atom. The first-order chi connectivity index (χ1) is 6.29. The van der Waals surface area contributed by atoms with Crippen molar-refractivity contribution in [2.75, 3.05) is 13.7 Å². The van der Waals surface area contributed by atoms with Crippen LogP contribution in [-0.4, -0.2) is 19.6 Å². The van der Waals surface area contributed by atoms with Crippen molar-refractivity contribution in [2.45, 2.75) is 5.92 Å². The lowest BCUT2D eigenvalue weighted by atomic mass is 10.00. The van der Waals surface area contributed by atoms with Crippen LogP contribution >= 0.6 is 0 Å². The van der Waals surface area contributed by atoms with Crippen LogP contribution in [0.1, 0.15) is 11.5 Å². The highest BCUT2D eigenvalue weighted by molar-refractivity contribution is 5.78. The first-order valence-corrected chi connectivity index (χ1v) is 4.21. The molecule has 0 spiro atoms. The van der Waals surface area contributed by atoms with Gasteiger partial charge in [-0.1, -0.05) is 30.3 Å². The smallest absolute Gasteiger partial charge is 0.318 e. The third-order valence-corrected chi connectivity index (χ3v) is 1.98. The molecule has 0 aliphatic heterocycles. The molecule has 0 aromatic heterocycles. The van der Waals surface area contributed by atoms with E-state index in [1.54, 1.807) is 0 Å². The number of methoxy groups -OCH3 is 1. The van der Waals surface area contributed by atoms with Gasteiger partial charge in [-0.3, -0.25) is 4.79 Å². The largest absolute Gasteiger partial charge is 0.468 e. The highest BCUT2D eigenvalue weighted by Crippen LogP contribution is 2.14. The molecule has 1 aromatic rings. The summed E-state index contributed by atoms with van der Waals surface area (Å²) in [5.41, 5.74) is 4.69. The summed E-state index contributed by atoms with van der Waals surface area (Å²) < 4.78 is 4.68. The zero-order valence-electron chi connectivity index (χ0n) is 7.69. The molecule has 0 aliphatic carbocycles. The lowest BCUT2D eigenvalue weighted by Crippen LogP contribution is -2.54. The molecule has 70 valence electrons. The van der Waals surface area contributed by atoms with Crippen molar-refractivity contribution in [2.24, 2.45) is 0 Å². The Kier molecular flexibility index (Phi) is 3.46. The standard InChI is InChI=1S/C10H13NO2/c1-13-10(12)9(7-11)8-5-3-2-4-6-8/h2-6,9H,7,11H2,1H3/p+1. The van der Waals surface area contributed by atoms with Crippen LogP contribution in [0.15, 0.2) is 30.3 Å². The van der Waals surface area contributed by atoms with Crippen LogP contribution in [0.25, 0.3) is 0 Å². The zero-order valence-corrected chi connectivity index (χ0v) is 7.69. The Balaban J connectivity index is 2.85. The first kappa shape index (κ1) is 9.74. The monoisotopic (exact) mass is 180 g/mol. The van der Waals surface area contributed by atoms with E-state index in [2.05, 4.69) is 10.5 Å². The molecule has 3 nitrogen and oxygen atoms in total. The number of esters is 1. The molecule has 0 fully saturated rings. The summed E-state index contributed by atoms with van der Waals surface area (Å²) in [7, 11) is 1.40. The van der Waals surface area contributed by atoms with Gasteiger partial charge in [0.2, 0.25) is 0 Å². The van der Waals surface area contributed by atoms with Crippen molar-refractivity contribution in [3.8, 4) is 0 Å². The van der Waals surface area contributed by atoms with Gasteiger partial charge in [0, 0.05) is 0 Å². The van der Waals surface area contributed by atoms with E-state index in [9.17, 15) is 4.79 Å². The van der Waals surface area contributed by atoms with Gasteiger partial charge in [0.15, 0.2) is 0 Å². The van der Waals surface area contributed by atoms with Gasteiger partial charge in [-0.2, -0.15) is 0 Å². The molecule has 0 radical (unpaired) electrons. The number of rotatable bonds is 3. The third kappa shape index (κ3) is 2.29. The second kappa shape index (κ2) is 4.62. The topological polar surface area (TPSA) is 53.9 Å². The van der Waals surface area contributed by atoms with Gasteiger partial charge < -0.3 is 10.5 Å². The molecule has 1 atom stereocenters. The number of hydrogen-bond donors (Lipinski definition) is 1. The number of quaternary nitrogens is 1. The van der Waals surface area contributed by atoms with E-state index in [0.717, 1.165) is 5.56 Å². The van der Waals surface area contributed by atoms with Crippen LogP contribution in [0.2, 0.25) is 0 Å².